The lowest BCUT2D eigenvalue weighted by Gasteiger charge is -2.35. The summed E-state index contributed by atoms with van der Waals surface area (Å²) in [5.41, 5.74) is 3.98. The predicted octanol–water partition coefficient (Wildman–Crippen LogP) is 4.51. The van der Waals surface area contributed by atoms with Crippen LogP contribution in [-0.4, -0.2) is 28.8 Å². The summed E-state index contributed by atoms with van der Waals surface area (Å²) in [7, 11) is 0. The molecule has 4 rings (SSSR count). The van der Waals surface area contributed by atoms with Crippen molar-refractivity contribution in [3.8, 4) is 11.1 Å². The van der Waals surface area contributed by atoms with E-state index in [-0.39, 0.29) is 45.4 Å². The molecule has 2 heterocycles. The van der Waals surface area contributed by atoms with Crippen LogP contribution < -0.4 is 10.6 Å². The van der Waals surface area contributed by atoms with Gasteiger partial charge in [-0.15, -0.1) is 0 Å². The highest BCUT2D eigenvalue weighted by atomic mass is 32.1. The van der Waals surface area contributed by atoms with E-state index in [1.54, 1.807) is 0 Å². The second kappa shape index (κ2) is 9.90. The highest BCUT2D eigenvalue weighted by Gasteiger charge is 2.49. The van der Waals surface area contributed by atoms with Gasteiger partial charge in [0.25, 0.3) is 5.91 Å². The molecule has 1 aromatic heterocycles. The number of hydrogen-bond donors (Lipinski definition) is 3. The molecule has 1 aliphatic rings. The Morgan fingerprint density at radius 2 is 1.84 bits per heavy atom. The van der Waals surface area contributed by atoms with Crippen LogP contribution in [0.2, 0.25) is 0 Å². The van der Waals surface area contributed by atoms with Crippen molar-refractivity contribution in [3.63, 3.8) is 0 Å². The van der Waals surface area contributed by atoms with E-state index >= 15 is 0 Å². The molecule has 0 aliphatic carbocycles. The molecule has 3 N–H and O–H groups in total. The zero-order chi connectivity index (χ0) is 21.5. The van der Waals surface area contributed by atoms with Gasteiger partial charge in [-0.25, -0.2) is 0 Å². The van der Waals surface area contributed by atoms with Gasteiger partial charge in [0.15, 0.2) is 5.54 Å². The van der Waals surface area contributed by atoms with E-state index in [1.807, 2.05) is 76.2 Å². The number of carbonyl (C=O) groups is 1. The van der Waals surface area contributed by atoms with Crippen LogP contribution >= 0.6 is 13.5 Å². The quantitative estimate of drug-likeness (QED) is 0.509. The van der Waals surface area contributed by atoms with Crippen molar-refractivity contribution in [1.29, 1.82) is 0 Å². The van der Waals surface area contributed by atoms with E-state index in [9.17, 15) is 9.90 Å². The number of benzene rings is 2. The second-order valence-corrected chi connectivity index (χ2v) is 8.21. The number of nitrogens with one attached hydrogen (secondary N) is 2. The maximum Gasteiger partial charge on any atom is 0.254 e. The van der Waals surface area contributed by atoms with Crippen LogP contribution in [0.5, 0.6) is 0 Å². The van der Waals surface area contributed by atoms with Crippen molar-refractivity contribution < 1.29 is 14.4 Å². The molecule has 6 nitrogen and oxygen atoms in total. The van der Waals surface area contributed by atoms with E-state index in [0.29, 0.717) is 0 Å². The fourth-order valence-electron chi connectivity index (χ4n) is 4.26. The fraction of sp³-hybridized carbons (Fsp3) is 0.360. The Balaban J connectivity index is 0.00000181. The number of aliphatic hydroxyl groups excluding tert-OH is 1. The van der Waals surface area contributed by atoms with Crippen LogP contribution in [0.1, 0.15) is 43.9 Å². The van der Waals surface area contributed by atoms with Crippen molar-refractivity contribution >= 4 is 25.1 Å². The number of amides is 1. The van der Waals surface area contributed by atoms with Gasteiger partial charge in [-0.05, 0) is 43.0 Å². The minimum atomic E-state index is -1.11. The standard InChI is InChI=1S/C24H27N3O3.CH4.H2S/c1-14(2)21(13-28)26-24(18-8-6-5-7-9-18)19-12-17(10-11-20(19)25-23(24)29)22-15(3)27-30-16(22)4;;/h5-12,14,21,26,28H,13H2,1-4H3,(H,25,29);1H4;1H2/t21-,24?;;/m1../s1. The molecule has 172 valence electrons. The van der Waals surface area contributed by atoms with Gasteiger partial charge in [-0.2, -0.15) is 13.5 Å². The molecular weight excluding hydrogens is 422 g/mol. The van der Waals surface area contributed by atoms with E-state index in [0.717, 1.165) is 39.4 Å². The van der Waals surface area contributed by atoms with Crippen molar-refractivity contribution in [1.82, 2.24) is 10.5 Å². The number of rotatable bonds is 6. The predicted molar refractivity (Wildman–Crippen MR) is 133 cm³/mol. The Hall–Kier alpha value is -2.61. The number of nitrogens with zero attached hydrogens (tertiary/aromatic N) is 1. The van der Waals surface area contributed by atoms with E-state index in [1.165, 1.54) is 0 Å². The largest absolute Gasteiger partial charge is 0.395 e. The second-order valence-electron chi connectivity index (χ2n) is 8.21. The van der Waals surface area contributed by atoms with Crippen molar-refractivity contribution in [2.24, 2.45) is 5.92 Å². The van der Waals surface area contributed by atoms with Crippen LogP contribution in [0, 0.1) is 19.8 Å². The van der Waals surface area contributed by atoms with Gasteiger partial charge >= 0.3 is 0 Å². The maximum absolute atomic E-state index is 13.5. The van der Waals surface area contributed by atoms with Gasteiger partial charge in [-0.3, -0.25) is 10.1 Å². The van der Waals surface area contributed by atoms with E-state index in [2.05, 4.69) is 15.8 Å². The zero-order valence-corrected chi connectivity index (χ0v) is 19.2. The van der Waals surface area contributed by atoms with Gasteiger partial charge in [0.05, 0.1) is 12.3 Å². The minimum Gasteiger partial charge on any atom is -0.395 e. The maximum atomic E-state index is 13.5. The smallest absolute Gasteiger partial charge is 0.254 e. The first-order valence-corrected chi connectivity index (χ1v) is 10.2. The number of aliphatic hydroxyl groups is 1. The lowest BCUT2D eigenvalue weighted by molar-refractivity contribution is -0.121. The SMILES string of the molecule is C.Cc1noc(C)c1-c1ccc2c(c1)C(N[C@H](CO)C(C)C)(c1ccccc1)C(=O)N2.S. The van der Waals surface area contributed by atoms with Crippen LogP contribution in [-0.2, 0) is 10.3 Å². The average molecular weight is 456 g/mol. The lowest BCUT2D eigenvalue weighted by atomic mass is 9.81. The van der Waals surface area contributed by atoms with Gasteiger partial charge in [0, 0.05) is 22.9 Å². The topological polar surface area (TPSA) is 87.4 Å². The first-order chi connectivity index (χ1) is 14.4. The first-order valence-electron chi connectivity index (χ1n) is 10.2. The normalized spacial score (nSPS) is 17.9. The molecule has 2 atom stereocenters. The molecule has 0 fully saturated rings. The Kier molecular flexibility index (Phi) is 7.93. The third-order valence-electron chi connectivity index (χ3n) is 5.94. The molecule has 2 aromatic carbocycles. The Bertz CT molecular complexity index is 1060. The lowest BCUT2D eigenvalue weighted by Crippen LogP contribution is -2.55. The molecule has 3 aromatic rings. The average Bonchev–Trinajstić information content (AvgIpc) is 3.22. The monoisotopic (exact) mass is 455 g/mol. The highest BCUT2D eigenvalue weighted by molar-refractivity contribution is 7.59. The molecule has 0 saturated carbocycles. The summed E-state index contributed by atoms with van der Waals surface area (Å²) < 4.78 is 5.36. The number of anilines is 1. The molecule has 1 unspecified atom stereocenters. The van der Waals surface area contributed by atoms with Crippen molar-refractivity contribution in [2.45, 2.75) is 46.7 Å². The Morgan fingerprint density at radius 3 is 2.41 bits per heavy atom. The molecule has 0 radical (unpaired) electrons. The summed E-state index contributed by atoms with van der Waals surface area (Å²) in [6.45, 7) is 7.78. The van der Waals surface area contributed by atoms with Gasteiger partial charge in [-0.1, -0.05) is 62.8 Å². The number of carbonyl (C=O) groups excluding carboxylic acids is 1. The molecule has 0 spiro atoms. The van der Waals surface area contributed by atoms with Crippen LogP contribution in [0.15, 0.2) is 53.1 Å². The van der Waals surface area contributed by atoms with Gasteiger partial charge in [0.1, 0.15) is 5.76 Å². The summed E-state index contributed by atoms with van der Waals surface area (Å²) in [6.07, 6.45) is 0. The third-order valence-corrected chi connectivity index (χ3v) is 5.94. The molecule has 1 amide bonds. The molecule has 7 heteroatoms. The first kappa shape index (κ1) is 25.6. The fourth-order valence-corrected chi connectivity index (χ4v) is 4.26. The summed E-state index contributed by atoms with van der Waals surface area (Å²) >= 11 is 0. The number of aryl methyl sites for hydroxylation is 2. The zero-order valence-electron chi connectivity index (χ0n) is 18.2. The van der Waals surface area contributed by atoms with E-state index in [4.69, 9.17) is 4.52 Å². The van der Waals surface area contributed by atoms with Crippen molar-refractivity contribution in [3.05, 3.63) is 71.1 Å². The summed E-state index contributed by atoms with van der Waals surface area (Å²) in [5, 5.41) is 20.6. The van der Waals surface area contributed by atoms with Crippen LogP contribution in [0.3, 0.4) is 0 Å². The molecule has 0 saturated heterocycles. The summed E-state index contributed by atoms with van der Waals surface area (Å²) in [6, 6.07) is 15.3. The Morgan fingerprint density at radius 1 is 1.16 bits per heavy atom. The number of aromatic nitrogens is 1. The van der Waals surface area contributed by atoms with Crippen LogP contribution in [0.25, 0.3) is 11.1 Å². The minimum absolute atomic E-state index is 0. The molecule has 0 bridgehead atoms. The summed E-state index contributed by atoms with van der Waals surface area (Å²) in [5.74, 6) is 0.718. The number of hydrogen-bond acceptors (Lipinski definition) is 5. The number of fused-ring (bicyclic) bond motifs is 1. The van der Waals surface area contributed by atoms with Gasteiger partial charge in [0.2, 0.25) is 0 Å². The van der Waals surface area contributed by atoms with E-state index < -0.39 is 5.54 Å². The summed E-state index contributed by atoms with van der Waals surface area (Å²) in [4.78, 5) is 13.5. The van der Waals surface area contributed by atoms with Crippen LogP contribution in [0.4, 0.5) is 5.69 Å². The molecule has 32 heavy (non-hydrogen) atoms. The Labute approximate surface area is 196 Å². The van der Waals surface area contributed by atoms with Gasteiger partial charge < -0.3 is 14.9 Å². The molecule has 1 aliphatic heterocycles. The van der Waals surface area contributed by atoms with Crippen molar-refractivity contribution in [2.75, 3.05) is 11.9 Å². The highest BCUT2D eigenvalue weighted by Crippen LogP contribution is 2.44. The molecular formula is C25H33N3O3S. The third kappa shape index (κ3) is 4.08.